The van der Waals surface area contributed by atoms with Crippen LogP contribution in [-0.2, 0) is 0 Å². The Morgan fingerprint density at radius 3 is 1.97 bits per heavy atom. The van der Waals surface area contributed by atoms with Crippen LogP contribution in [0.3, 0.4) is 0 Å². The molecule has 0 saturated heterocycles. The standard InChI is InChI=1S/C35H23N3O/c1-2-8-24(9-3-1)27-11-6-12-28(20-27)31-22-32(34-21-29-10-4-5-14-33(29)39-34)38-35(37-31)26-17-15-25(16-18-26)30-13-7-19-36-23-30/h1-23H. The number of para-hydroxylation sites is 1. The number of pyridine rings is 1. The van der Waals surface area contributed by atoms with Gasteiger partial charge in [-0.25, -0.2) is 9.97 Å². The highest BCUT2D eigenvalue weighted by atomic mass is 16.3. The molecule has 0 spiro atoms. The molecule has 7 aromatic rings. The first-order valence-electron chi connectivity index (χ1n) is 12.8. The Balaban J connectivity index is 1.36. The number of hydrogen-bond acceptors (Lipinski definition) is 4. The van der Waals surface area contributed by atoms with Gasteiger partial charge in [-0.3, -0.25) is 4.98 Å². The number of aromatic nitrogens is 3. The van der Waals surface area contributed by atoms with E-state index in [2.05, 4.69) is 83.8 Å². The SMILES string of the molecule is c1ccc(-c2cccc(-c3cc(-c4cc5ccccc5o4)nc(-c4ccc(-c5cccnc5)cc4)n3)c2)cc1. The summed E-state index contributed by atoms with van der Waals surface area (Å²) in [5.41, 5.74) is 8.83. The maximum atomic E-state index is 6.21. The van der Waals surface area contributed by atoms with E-state index in [0.29, 0.717) is 11.6 Å². The Hall–Kier alpha value is -5.35. The first-order valence-corrected chi connectivity index (χ1v) is 12.8. The monoisotopic (exact) mass is 501 g/mol. The number of benzene rings is 4. The minimum absolute atomic E-state index is 0.644. The Labute approximate surface area is 226 Å². The van der Waals surface area contributed by atoms with Gasteiger partial charge in [-0.15, -0.1) is 0 Å². The summed E-state index contributed by atoms with van der Waals surface area (Å²) in [5, 5.41) is 1.04. The molecule has 39 heavy (non-hydrogen) atoms. The number of rotatable bonds is 5. The molecular weight excluding hydrogens is 478 g/mol. The van der Waals surface area contributed by atoms with Crippen LogP contribution in [0.25, 0.3) is 67.3 Å². The fraction of sp³-hybridized carbons (Fsp3) is 0. The first kappa shape index (κ1) is 22.8. The van der Waals surface area contributed by atoms with Crippen LogP contribution < -0.4 is 0 Å². The van der Waals surface area contributed by atoms with Crippen molar-refractivity contribution in [3.8, 4) is 56.4 Å². The largest absolute Gasteiger partial charge is 0.454 e. The van der Waals surface area contributed by atoms with E-state index >= 15 is 0 Å². The zero-order valence-electron chi connectivity index (χ0n) is 21.0. The van der Waals surface area contributed by atoms with Gasteiger partial charge in [0.2, 0.25) is 0 Å². The second-order valence-corrected chi connectivity index (χ2v) is 9.38. The van der Waals surface area contributed by atoms with Crippen LogP contribution >= 0.6 is 0 Å². The van der Waals surface area contributed by atoms with Gasteiger partial charge in [0, 0.05) is 28.9 Å². The molecule has 0 N–H and O–H groups in total. The van der Waals surface area contributed by atoms with Gasteiger partial charge in [0.1, 0.15) is 11.3 Å². The first-order chi connectivity index (χ1) is 19.3. The van der Waals surface area contributed by atoms with Gasteiger partial charge in [0.25, 0.3) is 0 Å². The summed E-state index contributed by atoms with van der Waals surface area (Å²) < 4.78 is 6.21. The van der Waals surface area contributed by atoms with E-state index in [9.17, 15) is 0 Å². The Morgan fingerprint density at radius 2 is 1.15 bits per heavy atom. The van der Waals surface area contributed by atoms with E-state index in [-0.39, 0.29) is 0 Å². The highest BCUT2D eigenvalue weighted by molar-refractivity contribution is 5.83. The number of hydrogen-bond donors (Lipinski definition) is 0. The molecule has 0 radical (unpaired) electrons. The molecule has 7 rings (SSSR count). The molecule has 0 amide bonds. The second-order valence-electron chi connectivity index (χ2n) is 9.38. The van der Waals surface area contributed by atoms with E-state index in [0.717, 1.165) is 55.7 Å². The summed E-state index contributed by atoms with van der Waals surface area (Å²) in [6, 6.07) is 43.2. The molecule has 4 nitrogen and oxygen atoms in total. The predicted octanol–water partition coefficient (Wildman–Crippen LogP) is 8.95. The van der Waals surface area contributed by atoms with Crippen LogP contribution in [0, 0.1) is 0 Å². The van der Waals surface area contributed by atoms with Crippen LogP contribution in [0.1, 0.15) is 0 Å². The lowest BCUT2D eigenvalue weighted by atomic mass is 10.0. The molecule has 184 valence electrons. The van der Waals surface area contributed by atoms with Crippen LogP contribution in [0.5, 0.6) is 0 Å². The van der Waals surface area contributed by atoms with Crippen molar-refractivity contribution in [1.82, 2.24) is 15.0 Å². The van der Waals surface area contributed by atoms with Crippen LogP contribution in [0.2, 0.25) is 0 Å². The third kappa shape index (κ3) is 4.60. The van der Waals surface area contributed by atoms with Crippen molar-refractivity contribution < 1.29 is 4.42 Å². The summed E-state index contributed by atoms with van der Waals surface area (Å²) in [5.74, 6) is 1.36. The molecule has 0 fully saturated rings. The highest BCUT2D eigenvalue weighted by Gasteiger charge is 2.14. The molecule has 0 aliphatic heterocycles. The average molecular weight is 502 g/mol. The third-order valence-electron chi connectivity index (χ3n) is 6.81. The fourth-order valence-electron chi connectivity index (χ4n) is 4.79. The van der Waals surface area contributed by atoms with Gasteiger partial charge in [-0.1, -0.05) is 97.1 Å². The van der Waals surface area contributed by atoms with Crippen molar-refractivity contribution in [1.29, 1.82) is 0 Å². The lowest BCUT2D eigenvalue weighted by Crippen LogP contribution is -1.95. The minimum atomic E-state index is 0.644. The van der Waals surface area contributed by atoms with E-state index < -0.39 is 0 Å². The smallest absolute Gasteiger partial charge is 0.160 e. The van der Waals surface area contributed by atoms with Crippen molar-refractivity contribution in [2.45, 2.75) is 0 Å². The highest BCUT2D eigenvalue weighted by Crippen LogP contribution is 2.33. The van der Waals surface area contributed by atoms with Crippen molar-refractivity contribution in [2.24, 2.45) is 0 Å². The van der Waals surface area contributed by atoms with Gasteiger partial charge >= 0.3 is 0 Å². The van der Waals surface area contributed by atoms with Crippen molar-refractivity contribution in [3.63, 3.8) is 0 Å². The molecule has 0 aliphatic carbocycles. The number of furan rings is 1. The van der Waals surface area contributed by atoms with Gasteiger partial charge in [-0.2, -0.15) is 0 Å². The normalized spacial score (nSPS) is 11.1. The van der Waals surface area contributed by atoms with E-state index in [1.54, 1.807) is 6.20 Å². The summed E-state index contributed by atoms with van der Waals surface area (Å²) in [7, 11) is 0. The number of fused-ring (bicyclic) bond motifs is 1. The topological polar surface area (TPSA) is 51.8 Å². The maximum Gasteiger partial charge on any atom is 0.160 e. The molecule has 0 unspecified atom stereocenters. The Morgan fingerprint density at radius 1 is 0.462 bits per heavy atom. The van der Waals surface area contributed by atoms with Gasteiger partial charge in [-0.05, 0) is 52.6 Å². The molecule has 0 saturated carbocycles. The fourth-order valence-corrected chi connectivity index (χ4v) is 4.79. The number of nitrogens with zero attached hydrogens (tertiary/aromatic N) is 3. The Kier molecular flexibility index (Phi) is 5.76. The summed E-state index contributed by atoms with van der Waals surface area (Å²) in [6.45, 7) is 0. The molecular formula is C35H23N3O. The van der Waals surface area contributed by atoms with Crippen molar-refractivity contribution in [3.05, 3.63) is 140 Å². The van der Waals surface area contributed by atoms with E-state index in [4.69, 9.17) is 14.4 Å². The lowest BCUT2D eigenvalue weighted by molar-refractivity contribution is 0.628. The van der Waals surface area contributed by atoms with Gasteiger partial charge in [0.15, 0.2) is 11.6 Å². The van der Waals surface area contributed by atoms with Crippen LogP contribution in [0.15, 0.2) is 144 Å². The van der Waals surface area contributed by atoms with E-state index in [1.807, 2.05) is 54.7 Å². The van der Waals surface area contributed by atoms with Crippen LogP contribution in [-0.4, -0.2) is 15.0 Å². The maximum absolute atomic E-state index is 6.21. The predicted molar refractivity (Wildman–Crippen MR) is 157 cm³/mol. The summed E-state index contributed by atoms with van der Waals surface area (Å²) >= 11 is 0. The third-order valence-corrected chi connectivity index (χ3v) is 6.81. The van der Waals surface area contributed by atoms with Gasteiger partial charge in [0.05, 0.1) is 5.69 Å². The average Bonchev–Trinajstić information content (AvgIpc) is 3.47. The molecule has 4 aromatic carbocycles. The molecule has 0 atom stereocenters. The summed E-state index contributed by atoms with van der Waals surface area (Å²) in [6.07, 6.45) is 3.65. The molecule has 0 aliphatic rings. The Bertz CT molecular complexity index is 1860. The molecule has 3 heterocycles. The quantitative estimate of drug-likeness (QED) is 0.236. The summed E-state index contributed by atoms with van der Waals surface area (Å²) in [4.78, 5) is 14.2. The molecule has 3 aromatic heterocycles. The van der Waals surface area contributed by atoms with Crippen molar-refractivity contribution in [2.75, 3.05) is 0 Å². The van der Waals surface area contributed by atoms with Crippen LogP contribution in [0.4, 0.5) is 0 Å². The zero-order valence-corrected chi connectivity index (χ0v) is 21.0. The van der Waals surface area contributed by atoms with Crippen molar-refractivity contribution >= 4 is 11.0 Å². The molecule has 4 heteroatoms. The minimum Gasteiger partial charge on any atom is -0.454 e. The zero-order chi connectivity index (χ0) is 26.0. The van der Waals surface area contributed by atoms with E-state index in [1.165, 1.54) is 0 Å². The lowest BCUT2D eigenvalue weighted by Gasteiger charge is -2.10. The van der Waals surface area contributed by atoms with Gasteiger partial charge < -0.3 is 4.42 Å². The second kappa shape index (κ2) is 9.84. The molecule has 0 bridgehead atoms.